The highest BCUT2D eigenvalue weighted by Gasteiger charge is 2.38. The maximum absolute atomic E-state index is 13.1. The van der Waals surface area contributed by atoms with E-state index in [4.69, 9.17) is 0 Å². The molecule has 3 amide bonds. The lowest BCUT2D eigenvalue weighted by Crippen LogP contribution is -2.58. The Morgan fingerprint density at radius 2 is 1.90 bits per heavy atom. The van der Waals surface area contributed by atoms with Gasteiger partial charge in [-0.05, 0) is 32.9 Å². The van der Waals surface area contributed by atoms with Crippen LogP contribution in [0.5, 0.6) is 0 Å². The van der Waals surface area contributed by atoms with Crippen LogP contribution in [0, 0.1) is 0 Å². The van der Waals surface area contributed by atoms with E-state index < -0.39 is 0 Å². The van der Waals surface area contributed by atoms with E-state index in [1.54, 1.807) is 24.4 Å². The molecule has 0 bridgehead atoms. The molecule has 3 atom stereocenters. The van der Waals surface area contributed by atoms with Crippen molar-refractivity contribution in [2.24, 2.45) is 0 Å². The van der Waals surface area contributed by atoms with E-state index in [9.17, 15) is 9.59 Å². The molecule has 1 unspecified atom stereocenters. The smallest absolute Gasteiger partial charge is 0.320 e. The lowest BCUT2D eigenvalue weighted by Gasteiger charge is -2.39. The summed E-state index contributed by atoms with van der Waals surface area (Å²) in [7, 11) is 0. The first-order valence-corrected chi connectivity index (χ1v) is 9.55. The Kier molecular flexibility index (Phi) is 5.88. The van der Waals surface area contributed by atoms with E-state index in [-0.39, 0.29) is 37.5 Å². The second-order valence-corrected chi connectivity index (χ2v) is 7.59. The molecule has 156 valence electrons. The standard InChI is InChI=1S/C19H25N7O2.CH4/c1-11-8-25(9-12(2)21-11)19(28)26-10-14-16(13(26)3)23-24-17(14)22-18(27)15-6-4-5-7-20-15;/h4-7,11-13,21H,8-10H2,1-3H3,(H2,22,23,24,27);1H4/t11-,12+,13?;. The van der Waals surface area contributed by atoms with Crippen molar-refractivity contribution in [1.82, 2.24) is 30.3 Å². The number of pyridine rings is 1. The average molecular weight is 399 g/mol. The van der Waals surface area contributed by atoms with Gasteiger partial charge in [0.1, 0.15) is 5.69 Å². The van der Waals surface area contributed by atoms with Gasteiger partial charge in [-0.3, -0.25) is 14.9 Å². The number of amides is 3. The molecule has 0 saturated carbocycles. The number of aromatic amines is 1. The molecule has 29 heavy (non-hydrogen) atoms. The Morgan fingerprint density at radius 1 is 1.17 bits per heavy atom. The number of anilines is 1. The quantitative estimate of drug-likeness (QED) is 0.719. The van der Waals surface area contributed by atoms with Crippen LogP contribution in [-0.2, 0) is 6.54 Å². The van der Waals surface area contributed by atoms with E-state index in [0.717, 1.165) is 11.3 Å². The number of fused-ring (bicyclic) bond motifs is 1. The Bertz CT molecular complexity index is 872. The second-order valence-electron chi connectivity index (χ2n) is 7.59. The van der Waals surface area contributed by atoms with Gasteiger partial charge in [0.15, 0.2) is 5.82 Å². The van der Waals surface area contributed by atoms with Gasteiger partial charge in [0.25, 0.3) is 5.91 Å². The molecule has 1 saturated heterocycles. The van der Waals surface area contributed by atoms with Crippen molar-refractivity contribution in [1.29, 1.82) is 0 Å². The van der Waals surface area contributed by atoms with E-state index in [1.165, 1.54) is 0 Å². The van der Waals surface area contributed by atoms with E-state index in [0.29, 0.717) is 31.1 Å². The molecule has 3 N–H and O–H groups in total. The van der Waals surface area contributed by atoms with Gasteiger partial charge in [-0.15, -0.1) is 0 Å². The maximum Gasteiger partial charge on any atom is 0.320 e. The Morgan fingerprint density at radius 3 is 2.55 bits per heavy atom. The third-order valence-corrected chi connectivity index (χ3v) is 5.32. The highest BCUT2D eigenvalue weighted by molar-refractivity contribution is 6.02. The highest BCUT2D eigenvalue weighted by Crippen LogP contribution is 2.36. The summed E-state index contributed by atoms with van der Waals surface area (Å²) in [6, 6.07) is 5.57. The maximum atomic E-state index is 13.1. The summed E-state index contributed by atoms with van der Waals surface area (Å²) >= 11 is 0. The zero-order valence-electron chi connectivity index (χ0n) is 16.3. The summed E-state index contributed by atoms with van der Waals surface area (Å²) in [4.78, 5) is 33.3. The van der Waals surface area contributed by atoms with Gasteiger partial charge >= 0.3 is 6.03 Å². The van der Waals surface area contributed by atoms with Crippen molar-refractivity contribution in [2.75, 3.05) is 18.4 Å². The summed E-state index contributed by atoms with van der Waals surface area (Å²) in [5.74, 6) is 0.131. The number of rotatable bonds is 2. The SMILES string of the molecule is C.CC1c2[nH]nc(NC(=O)c3ccccn3)c2CN1C(=O)N1C[C@@H](C)N[C@@H](C)C1. The summed E-state index contributed by atoms with van der Waals surface area (Å²) in [5, 5.41) is 13.5. The first-order chi connectivity index (χ1) is 13.4. The first kappa shape index (κ1) is 20.8. The lowest BCUT2D eigenvalue weighted by atomic mass is 10.1. The minimum absolute atomic E-state index is 0. The number of piperazine rings is 1. The highest BCUT2D eigenvalue weighted by atomic mass is 16.2. The molecule has 0 radical (unpaired) electrons. The number of hydrogen-bond donors (Lipinski definition) is 3. The van der Waals surface area contributed by atoms with Crippen LogP contribution in [-0.4, -0.2) is 62.1 Å². The molecule has 0 aromatic carbocycles. The van der Waals surface area contributed by atoms with Gasteiger partial charge in [0.05, 0.1) is 18.3 Å². The topological polar surface area (TPSA) is 106 Å². The summed E-state index contributed by atoms with van der Waals surface area (Å²) in [5.41, 5.74) is 2.03. The predicted octanol–water partition coefficient (Wildman–Crippen LogP) is 2.37. The van der Waals surface area contributed by atoms with Gasteiger partial charge in [0.2, 0.25) is 0 Å². The number of urea groups is 1. The van der Waals surface area contributed by atoms with E-state index in [1.807, 2.05) is 16.7 Å². The van der Waals surface area contributed by atoms with Crippen molar-refractivity contribution in [3.8, 4) is 0 Å². The number of hydrogen-bond acceptors (Lipinski definition) is 5. The van der Waals surface area contributed by atoms with Gasteiger partial charge < -0.3 is 20.4 Å². The largest absolute Gasteiger partial charge is 0.322 e. The van der Waals surface area contributed by atoms with Crippen LogP contribution in [0.15, 0.2) is 24.4 Å². The minimum Gasteiger partial charge on any atom is -0.322 e. The summed E-state index contributed by atoms with van der Waals surface area (Å²) < 4.78 is 0. The van der Waals surface area contributed by atoms with E-state index in [2.05, 4.69) is 39.7 Å². The Labute approximate surface area is 170 Å². The molecule has 2 aromatic rings. The molecule has 4 rings (SSSR count). The van der Waals surface area contributed by atoms with Gasteiger partial charge in [0, 0.05) is 36.9 Å². The van der Waals surface area contributed by atoms with Crippen LogP contribution in [0.1, 0.15) is 56.0 Å². The van der Waals surface area contributed by atoms with Gasteiger partial charge in [-0.2, -0.15) is 5.10 Å². The van der Waals surface area contributed by atoms with Crippen LogP contribution in [0.3, 0.4) is 0 Å². The van der Waals surface area contributed by atoms with Crippen molar-refractivity contribution in [3.63, 3.8) is 0 Å². The number of nitrogens with zero attached hydrogens (tertiary/aromatic N) is 4. The summed E-state index contributed by atoms with van der Waals surface area (Å²) in [6.07, 6.45) is 1.57. The molecular weight excluding hydrogens is 370 g/mol. The minimum atomic E-state index is -0.322. The number of carbonyl (C=O) groups excluding carboxylic acids is 2. The molecule has 9 nitrogen and oxygen atoms in total. The summed E-state index contributed by atoms with van der Waals surface area (Å²) in [6.45, 7) is 7.92. The molecule has 9 heteroatoms. The number of carbonyl (C=O) groups is 2. The zero-order chi connectivity index (χ0) is 19.8. The van der Waals surface area contributed by atoms with E-state index >= 15 is 0 Å². The van der Waals surface area contributed by atoms with Crippen LogP contribution in [0.2, 0.25) is 0 Å². The molecule has 2 aliphatic heterocycles. The van der Waals surface area contributed by atoms with Crippen LogP contribution in [0.25, 0.3) is 0 Å². The average Bonchev–Trinajstić information content (AvgIpc) is 3.21. The first-order valence-electron chi connectivity index (χ1n) is 9.55. The van der Waals surface area contributed by atoms with Crippen molar-refractivity contribution in [3.05, 3.63) is 41.3 Å². The normalized spacial score (nSPS) is 23.3. The third-order valence-electron chi connectivity index (χ3n) is 5.32. The number of nitrogens with one attached hydrogen (secondary N) is 3. The van der Waals surface area contributed by atoms with Crippen molar-refractivity contribution < 1.29 is 9.59 Å². The number of aromatic nitrogens is 3. The molecule has 2 aromatic heterocycles. The monoisotopic (exact) mass is 399 g/mol. The van der Waals surface area contributed by atoms with Crippen LogP contribution < -0.4 is 10.6 Å². The van der Waals surface area contributed by atoms with Crippen LogP contribution >= 0.6 is 0 Å². The van der Waals surface area contributed by atoms with Crippen molar-refractivity contribution in [2.45, 2.75) is 52.9 Å². The molecule has 0 spiro atoms. The number of H-pyrrole nitrogens is 1. The molecule has 4 heterocycles. The third kappa shape index (κ3) is 3.95. The Hall–Kier alpha value is -2.94. The Balaban J connectivity index is 0.00000240. The predicted molar refractivity (Wildman–Crippen MR) is 110 cm³/mol. The molecule has 2 aliphatic rings. The van der Waals surface area contributed by atoms with Gasteiger partial charge in [-0.25, -0.2) is 4.79 Å². The fraction of sp³-hybridized carbons (Fsp3) is 0.500. The zero-order valence-corrected chi connectivity index (χ0v) is 16.3. The molecular formula is C20H29N7O2. The molecule has 0 aliphatic carbocycles. The molecule has 1 fully saturated rings. The van der Waals surface area contributed by atoms with Gasteiger partial charge in [-0.1, -0.05) is 13.5 Å². The van der Waals surface area contributed by atoms with Crippen LogP contribution in [0.4, 0.5) is 10.6 Å². The fourth-order valence-corrected chi connectivity index (χ4v) is 4.02. The van der Waals surface area contributed by atoms with Crippen molar-refractivity contribution >= 4 is 17.8 Å². The lowest BCUT2D eigenvalue weighted by molar-refractivity contribution is 0.102. The second kappa shape index (κ2) is 8.20. The fourth-order valence-electron chi connectivity index (χ4n) is 4.02.